The van der Waals surface area contributed by atoms with E-state index in [1.54, 1.807) is 24.3 Å². The van der Waals surface area contributed by atoms with Crippen molar-refractivity contribution < 1.29 is 52.7 Å². The van der Waals surface area contributed by atoms with Crippen LogP contribution in [0.5, 0.6) is 0 Å². The number of anilines is 2. The molecule has 5 aromatic rings. The maximum absolute atomic E-state index is 14.7. The number of nitriles is 4. The minimum Gasteiger partial charge on any atom is -0.347 e. The summed E-state index contributed by atoms with van der Waals surface area (Å²) in [6.07, 6.45) is -21.2. The summed E-state index contributed by atoms with van der Waals surface area (Å²) in [5, 5.41) is 43.1. The second-order valence-corrected chi connectivity index (χ2v) is 14.4. The van der Waals surface area contributed by atoms with Crippen molar-refractivity contribution in [1.82, 2.24) is 0 Å². The molecule has 0 bridgehead atoms. The number of allylic oxidation sites excluding steroid dienone is 2. The van der Waals surface area contributed by atoms with Crippen molar-refractivity contribution in [3.05, 3.63) is 104 Å². The van der Waals surface area contributed by atoms with Gasteiger partial charge in [0.2, 0.25) is 0 Å². The zero-order valence-electron chi connectivity index (χ0n) is 27.9. The van der Waals surface area contributed by atoms with Crippen LogP contribution in [-0.2, 0) is 24.7 Å². The Morgan fingerprint density at radius 1 is 0.466 bits per heavy atom. The van der Waals surface area contributed by atoms with Gasteiger partial charge in [0.05, 0.1) is 33.6 Å². The number of rotatable bonds is 2. The molecule has 0 aromatic heterocycles. The largest absolute Gasteiger partial charge is 0.417 e. The average molecular weight is 845 g/mol. The van der Waals surface area contributed by atoms with Crippen molar-refractivity contribution in [1.29, 1.82) is 21.0 Å². The Kier molecular flexibility index (Phi) is 9.30. The van der Waals surface area contributed by atoms with Crippen LogP contribution in [-0.4, -0.2) is 0 Å². The van der Waals surface area contributed by atoms with Gasteiger partial charge in [-0.1, -0.05) is 35.7 Å². The van der Waals surface area contributed by atoms with Gasteiger partial charge >= 0.3 is 24.7 Å². The molecule has 2 N–H and O–H groups in total. The van der Waals surface area contributed by atoms with Crippen LogP contribution in [0.2, 0.25) is 0 Å². The third-order valence-corrected chi connectivity index (χ3v) is 11.2. The van der Waals surface area contributed by atoms with Gasteiger partial charge in [-0.05, 0) is 81.2 Å². The van der Waals surface area contributed by atoms with E-state index in [1.807, 2.05) is 0 Å². The van der Waals surface area contributed by atoms with Crippen LogP contribution in [0.1, 0.15) is 22.3 Å². The van der Waals surface area contributed by atoms with Gasteiger partial charge in [-0.2, -0.15) is 73.7 Å². The van der Waals surface area contributed by atoms with Crippen molar-refractivity contribution in [3.63, 3.8) is 0 Å². The number of halogens is 12. The average Bonchev–Trinajstić information content (AvgIpc) is 3.75. The molecule has 6 nitrogen and oxygen atoms in total. The van der Waals surface area contributed by atoms with Crippen molar-refractivity contribution in [2.45, 2.75) is 34.5 Å². The minimum atomic E-state index is -5.39. The van der Waals surface area contributed by atoms with Gasteiger partial charge in [0.1, 0.15) is 34.3 Å². The number of nitrogens with zero attached hydrogens (tertiary/aromatic N) is 4. The summed E-state index contributed by atoms with van der Waals surface area (Å²) < 4.78 is 171. The number of benzene rings is 5. The Labute approximate surface area is 325 Å². The molecule has 7 rings (SSSR count). The highest BCUT2D eigenvalue weighted by molar-refractivity contribution is 8.04. The quantitative estimate of drug-likeness (QED) is 0.102. The first-order valence-corrected chi connectivity index (χ1v) is 17.4. The molecule has 0 radical (unpaired) electrons. The fourth-order valence-electron chi connectivity index (χ4n) is 6.52. The van der Waals surface area contributed by atoms with Gasteiger partial charge in [-0.3, -0.25) is 0 Å². The molecular formula is C38H12F12N6S2. The Morgan fingerprint density at radius 3 is 1.10 bits per heavy atom. The standard InChI is InChI=1S/C38H12F12N6S2/c39-35(40,41)19-1-3-21(25(9-19)37(45,46)47)29-23-5-16-8-28-32(58-34(56-28)18(13-53)14-54)30(22-4-2-20(36(42,43)44)10-26(22)38(48,49)50)24(16)6-15(23)7-27-31(29)57-33(55-27)17(11-51)12-52/h1-10,55-56H. The highest BCUT2D eigenvalue weighted by Gasteiger charge is 2.42. The lowest BCUT2D eigenvalue weighted by Gasteiger charge is -2.21. The number of hydrogen-bond acceptors (Lipinski definition) is 8. The zero-order valence-corrected chi connectivity index (χ0v) is 29.5. The first-order chi connectivity index (χ1) is 27.1. The van der Waals surface area contributed by atoms with Crippen molar-refractivity contribution >= 4 is 56.4 Å². The predicted molar refractivity (Wildman–Crippen MR) is 188 cm³/mol. The number of alkyl halides is 12. The van der Waals surface area contributed by atoms with Gasteiger partial charge < -0.3 is 10.6 Å². The highest BCUT2D eigenvalue weighted by atomic mass is 32.2. The van der Waals surface area contributed by atoms with Crippen LogP contribution in [0.15, 0.2) is 91.7 Å². The van der Waals surface area contributed by atoms with Gasteiger partial charge in [0.15, 0.2) is 11.1 Å². The van der Waals surface area contributed by atoms with E-state index in [0.717, 1.165) is 0 Å². The van der Waals surface area contributed by atoms with Crippen molar-refractivity contribution in [2.75, 3.05) is 10.6 Å². The molecule has 2 aliphatic heterocycles. The summed E-state index contributed by atoms with van der Waals surface area (Å²) in [7, 11) is 0. The second-order valence-electron chi connectivity index (χ2n) is 12.4. The molecule has 2 heterocycles. The Hall–Kier alpha value is -6.48. The molecule has 0 spiro atoms. The van der Waals surface area contributed by atoms with E-state index in [1.165, 1.54) is 24.3 Å². The minimum absolute atomic E-state index is 0.0396. The summed E-state index contributed by atoms with van der Waals surface area (Å²) in [6.45, 7) is 0. The molecule has 2 aliphatic rings. The molecule has 0 atom stereocenters. The second kappa shape index (κ2) is 13.6. The molecule has 0 aliphatic carbocycles. The fourth-order valence-corrected chi connectivity index (χ4v) is 8.72. The van der Waals surface area contributed by atoms with Gasteiger partial charge in [-0.15, -0.1) is 0 Å². The van der Waals surface area contributed by atoms with Crippen molar-refractivity contribution in [3.8, 4) is 46.5 Å². The molecule has 0 saturated carbocycles. The van der Waals surface area contributed by atoms with E-state index in [0.29, 0.717) is 47.8 Å². The highest BCUT2D eigenvalue weighted by Crippen LogP contribution is 2.57. The van der Waals surface area contributed by atoms with E-state index in [9.17, 15) is 73.7 Å². The SMILES string of the molecule is N#CC(C#N)=C1Nc2cc3cc4c(-c5ccc(C(F)(F)F)cc5C(F)(F)F)c5c(cc4cc3c(-c3ccc(C(F)(F)F)cc3C(F)(F)F)c2S1)NC(=C(C#N)C#N)S5. The molecule has 0 saturated heterocycles. The van der Waals surface area contributed by atoms with Crippen LogP contribution in [0.3, 0.4) is 0 Å². The Morgan fingerprint density at radius 2 is 0.810 bits per heavy atom. The van der Waals surface area contributed by atoms with E-state index < -0.39 is 69.2 Å². The van der Waals surface area contributed by atoms with E-state index in [4.69, 9.17) is 0 Å². The van der Waals surface area contributed by atoms with Crippen LogP contribution in [0.4, 0.5) is 64.1 Å². The molecule has 5 aromatic carbocycles. The summed E-state index contributed by atoms with van der Waals surface area (Å²) in [5.74, 6) is 0. The first-order valence-electron chi connectivity index (χ1n) is 15.8. The van der Waals surface area contributed by atoms with E-state index in [2.05, 4.69) is 10.6 Å². The van der Waals surface area contributed by atoms with Gasteiger partial charge in [0, 0.05) is 20.9 Å². The lowest BCUT2D eigenvalue weighted by molar-refractivity contribution is -0.144. The molecule has 0 amide bonds. The number of nitrogens with one attached hydrogen (secondary N) is 2. The van der Waals surface area contributed by atoms with E-state index >= 15 is 0 Å². The van der Waals surface area contributed by atoms with Crippen molar-refractivity contribution in [2.24, 2.45) is 0 Å². The third kappa shape index (κ3) is 6.74. The van der Waals surface area contributed by atoms with Gasteiger partial charge in [0.25, 0.3) is 0 Å². The molecule has 20 heteroatoms. The monoisotopic (exact) mass is 844 g/mol. The normalized spacial score (nSPS) is 13.9. The van der Waals surface area contributed by atoms with E-state index in [-0.39, 0.29) is 76.0 Å². The maximum atomic E-state index is 14.7. The molecule has 58 heavy (non-hydrogen) atoms. The smallest absolute Gasteiger partial charge is 0.347 e. The lowest BCUT2D eigenvalue weighted by atomic mass is 9.88. The summed E-state index contributed by atoms with van der Waals surface area (Å²) in [6, 6.07) is 13.4. The Bertz CT molecular complexity index is 2670. The summed E-state index contributed by atoms with van der Waals surface area (Å²) in [5.41, 5.74) is -10.0. The predicted octanol–water partition coefficient (Wildman–Crippen LogP) is 13.0. The third-order valence-electron chi connectivity index (χ3n) is 8.95. The first kappa shape index (κ1) is 39.7. The van der Waals surface area contributed by atoms with Gasteiger partial charge in [-0.25, -0.2) is 0 Å². The Balaban J connectivity index is 1.65. The fraction of sp³-hybridized carbons (Fsp3) is 0.105. The summed E-state index contributed by atoms with van der Waals surface area (Å²) >= 11 is 1.27. The number of hydrogen-bond donors (Lipinski definition) is 2. The molecular weight excluding hydrogens is 833 g/mol. The number of thioether (sulfide) groups is 2. The molecule has 290 valence electrons. The van der Waals surface area contributed by atoms with Crippen LogP contribution in [0, 0.1) is 45.3 Å². The van der Waals surface area contributed by atoms with Crippen LogP contribution >= 0.6 is 23.5 Å². The van der Waals surface area contributed by atoms with Crippen LogP contribution in [0.25, 0.3) is 43.8 Å². The summed E-state index contributed by atoms with van der Waals surface area (Å²) in [4.78, 5) is -0.129. The number of fused-ring (bicyclic) bond motifs is 4. The molecule has 0 fully saturated rings. The molecule has 0 unspecified atom stereocenters. The lowest BCUT2D eigenvalue weighted by Crippen LogP contribution is -2.12. The topological polar surface area (TPSA) is 119 Å². The maximum Gasteiger partial charge on any atom is 0.417 e. The van der Waals surface area contributed by atoms with Crippen LogP contribution < -0.4 is 10.6 Å². The zero-order chi connectivity index (χ0) is 42.3.